The van der Waals surface area contributed by atoms with Gasteiger partial charge in [0.05, 0.1) is 6.42 Å². The molecule has 1 amide bonds. The Morgan fingerprint density at radius 3 is 2.23 bits per heavy atom. The SMILES string of the molecule is CC(=O)NC(CC(=O)c1cc(Br)ccc1N)(C(=O)O)C(=O)O. The van der Waals surface area contributed by atoms with Gasteiger partial charge in [0.2, 0.25) is 11.4 Å². The minimum Gasteiger partial charge on any atom is -0.479 e. The number of nitrogens with two attached hydrogens (primary N) is 1. The molecule has 8 nitrogen and oxygen atoms in total. The maximum atomic E-state index is 12.2. The summed E-state index contributed by atoms with van der Waals surface area (Å²) in [4.78, 5) is 46.0. The van der Waals surface area contributed by atoms with Gasteiger partial charge in [-0.3, -0.25) is 9.59 Å². The molecule has 0 fully saturated rings. The Morgan fingerprint density at radius 2 is 1.77 bits per heavy atom. The molecule has 0 aromatic heterocycles. The van der Waals surface area contributed by atoms with E-state index in [9.17, 15) is 29.4 Å². The van der Waals surface area contributed by atoms with Gasteiger partial charge in [0, 0.05) is 22.6 Å². The molecular formula is C13H13BrN2O6. The second kappa shape index (κ2) is 6.56. The summed E-state index contributed by atoms with van der Waals surface area (Å²) < 4.78 is 0.515. The third-order valence-corrected chi connectivity index (χ3v) is 3.35. The number of amides is 1. The molecule has 22 heavy (non-hydrogen) atoms. The quantitative estimate of drug-likeness (QED) is 0.325. The average Bonchev–Trinajstić information content (AvgIpc) is 2.39. The Balaban J connectivity index is 3.26. The normalized spacial score (nSPS) is 10.8. The first-order chi connectivity index (χ1) is 10.1. The van der Waals surface area contributed by atoms with Gasteiger partial charge in [0.25, 0.3) is 0 Å². The minimum atomic E-state index is -2.75. The Bertz CT molecular complexity index is 644. The Kier molecular flexibility index (Phi) is 5.26. The molecule has 0 unspecified atom stereocenters. The largest absolute Gasteiger partial charge is 0.479 e. The number of halogens is 1. The molecule has 0 radical (unpaired) electrons. The molecule has 1 aromatic carbocycles. The van der Waals surface area contributed by atoms with Crippen LogP contribution in [-0.4, -0.2) is 39.4 Å². The summed E-state index contributed by atoms with van der Waals surface area (Å²) in [6, 6.07) is 4.33. The zero-order valence-corrected chi connectivity index (χ0v) is 13.0. The van der Waals surface area contributed by atoms with Crippen LogP contribution < -0.4 is 11.1 Å². The van der Waals surface area contributed by atoms with E-state index in [0.29, 0.717) is 4.47 Å². The topological polar surface area (TPSA) is 147 Å². The van der Waals surface area contributed by atoms with E-state index in [1.54, 1.807) is 6.07 Å². The van der Waals surface area contributed by atoms with Crippen molar-refractivity contribution in [2.75, 3.05) is 5.73 Å². The van der Waals surface area contributed by atoms with Crippen LogP contribution in [0.1, 0.15) is 23.7 Å². The summed E-state index contributed by atoms with van der Waals surface area (Å²) in [5.41, 5.74) is 2.92. The summed E-state index contributed by atoms with van der Waals surface area (Å²) >= 11 is 3.13. The molecule has 0 saturated heterocycles. The van der Waals surface area contributed by atoms with E-state index in [0.717, 1.165) is 6.92 Å². The van der Waals surface area contributed by atoms with Gasteiger partial charge in [-0.1, -0.05) is 15.9 Å². The van der Waals surface area contributed by atoms with Gasteiger partial charge in [-0.2, -0.15) is 0 Å². The number of ketones is 1. The molecule has 0 aliphatic carbocycles. The number of hydrogen-bond donors (Lipinski definition) is 4. The highest BCUT2D eigenvalue weighted by Crippen LogP contribution is 2.23. The van der Waals surface area contributed by atoms with Crippen LogP contribution in [-0.2, 0) is 14.4 Å². The molecular weight excluding hydrogens is 360 g/mol. The first-order valence-corrected chi connectivity index (χ1v) is 6.73. The highest BCUT2D eigenvalue weighted by molar-refractivity contribution is 9.10. The van der Waals surface area contributed by atoms with Crippen LogP contribution in [0.2, 0.25) is 0 Å². The summed E-state index contributed by atoms with van der Waals surface area (Å²) in [5, 5.41) is 20.2. The molecule has 5 N–H and O–H groups in total. The number of carbonyl (C=O) groups is 4. The van der Waals surface area contributed by atoms with Gasteiger partial charge < -0.3 is 21.3 Å². The number of nitrogens with one attached hydrogen (secondary N) is 1. The molecule has 0 aliphatic rings. The van der Waals surface area contributed by atoms with E-state index in [4.69, 9.17) is 5.73 Å². The maximum Gasteiger partial charge on any atom is 0.341 e. The van der Waals surface area contributed by atoms with Crippen LogP contribution in [0.25, 0.3) is 0 Å². The molecule has 1 aromatic rings. The molecule has 9 heteroatoms. The second-order valence-corrected chi connectivity index (χ2v) is 5.44. The lowest BCUT2D eigenvalue weighted by Gasteiger charge is -2.25. The minimum absolute atomic E-state index is 0.0356. The van der Waals surface area contributed by atoms with Crippen LogP contribution in [0, 0.1) is 0 Å². The second-order valence-electron chi connectivity index (χ2n) is 4.53. The standard InChI is InChI=1S/C13H13BrN2O6/c1-6(17)16-13(11(19)20,12(21)22)5-10(18)8-4-7(14)2-3-9(8)15/h2-4H,5,15H2,1H3,(H,16,17)(H,19,20)(H,21,22). The van der Waals surface area contributed by atoms with E-state index in [1.807, 2.05) is 5.32 Å². The van der Waals surface area contributed by atoms with E-state index in [2.05, 4.69) is 15.9 Å². The number of carboxylic acids is 2. The smallest absolute Gasteiger partial charge is 0.341 e. The van der Waals surface area contributed by atoms with Crippen LogP contribution in [0.15, 0.2) is 22.7 Å². The van der Waals surface area contributed by atoms with Crippen LogP contribution in [0.5, 0.6) is 0 Å². The maximum absolute atomic E-state index is 12.2. The third kappa shape index (κ3) is 3.61. The van der Waals surface area contributed by atoms with E-state index in [1.165, 1.54) is 12.1 Å². The molecule has 0 bridgehead atoms. The van der Waals surface area contributed by atoms with Crippen molar-refractivity contribution in [3.8, 4) is 0 Å². The molecule has 0 spiro atoms. The number of carboxylic acid groups (broad SMARTS) is 2. The van der Waals surface area contributed by atoms with Crippen LogP contribution >= 0.6 is 15.9 Å². The van der Waals surface area contributed by atoms with Gasteiger partial charge in [-0.25, -0.2) is 9.59 Å². The number of Topliss-reactive ketones (excluding diaryl/α,β-unsaturated/α-hetero) is 1. The van der Waals surface area contributed by atoms with E-state index in [-0.39, 0.29) is 11.3 Å². The summed E-state index contributed by atoms with van der Waals surface area (Å²) in [7, 11) is 0. The fourth-order valence-electron chi connectivity index (χ4n) is 1.80. The molecule has 0 atom stereocenters. The first kappa shape index (κ1) is 17.6. The predicted molar refractivity (Wildman–Crippen MR) is 79.3 cm³/mol. The van der Waals surface area contributed by atoms with Gasteiger partial charge in [-0.05, 0) is 18.2 Å². The Labute approximate surface area is 133 Å². The summed E-state index contributed by atoms with van der Waals surface area (Å²) in [6.07, 6.45) is -0.974. The number of benzene rings is 1. The lowest BCUT2D eigenvalue weighted by atomic mass is 9.89. The van der Waals surface area contributed by atoms with Gasteiger partial charge in [0.1, 0.15) is 0 Å². The van der Waals surface area contributed by atoms with E-state index >= 15 is 0 Å². The van der Waals surface area contributed by atoms with Crippen molar-refractivity contribution in [3.05, 3.63) is 28.2 Å². The van der Waals surface area contributed by atoms with Crippen molar-refractivity contribution in [2.24, 2.45) is 0 Å². The fourth-order valence-corrected chi connectivity index (χ4v) is 2.16. The molecule has 1 rings (SSSR count). The van der Waals surface area contributed by atoms with E-state index < -0.39 is 35.6 Å². The zero-order chi connectivity index (χ0) is 17.1. The molecule has 0 heterocycles. The van der Waals surface area contributed by atoms with Crippen molar-refractivity contribution >= 4 is 45.2 Å². The third-order valence-electron chi connectivity index (χ3n) is 2.86. The first-order valence-electron chi connectivity index (χ1n) is 5.94. The number of nitrogen functional groups attached to an aromatic ring is 1. The van der Waals surface area contributed by atoms with Crippen LogP contribution in [0.3, 0.4) is 0 Å². The lowest BCUT2D eigenvalue weighted by Crippen LogP contribution is -2.60. The number of anilines is 1. The highest BCUT2D eigenvalue weighted by Gasteiger charge is 2.49. The van der Waals surface area contributed by atoms with Crippen molar-refractivity contribution in [1.82, 2.24) is 5.32 Å². The average molecular weight is 373 g/mol. The van der Waals surface area contributed by atoms with Gasteiger partial charge >= 0.3 is 11.9 Å². The van der Waals surface area contributed by atoms with Crippen molar-refractivity contribution in [1.29, 1.82) is 0 Å². The number of hydrogen-bond acceptors (Lipinski definition) is 5. The Hall–Kier alpha value is -2.42. The molecule has 0 aliphatic heterocycles. The van der Waals surface area contributed by atoms with Crippen molar-refractivity contribution in [3.63, 3.8) is 0 Å². The Morgan fingerprint density at radius 1 is 1.23 bits per heavy atom. The zero-order valence-electron chi connectivity index (χ0n) is 11.4. The number of carbonyl (C=O) groups excluding carboxylic acids is 2. The van der Waals surface area contributed by atoms with Gasteiger partial charge in [-0.15, -0.1) is 0 Å². The van der Waals surface area contributed by atoms with Gasteiger partial charge in [0.15, 0.2) is 5.78 Å². The number of aliphatic carboxylic acids is 2. The molecule has 118 valence electrons. The number of rotatable bonds is 6. The predicted octanol–water partition coefficient (Wildman–Crippen LogP) is 0.648. The monoisotopic (exact) mass is 372 g/mol. The highest BCUT2D eigenvalue weighted by atomic mass is 79.9. The summed E-state index contributed by atoms with van der Waals surface area (Å²) in [5.74, 6) is -5.41. The van der Waals surface area contributed by atoms with Crippen LogP contribution in [0.4, 0.5) is 5.69 Å². The van der Waals surface area contributed by atoms with Crippen molar-refractivity contribution < 1.29 is 29.4 Å². The molecule has 0 saturated carbocycles. The van der Waals surface area contributed by atoms with Crippen molar-refractivity contribution in [2.45, 2.75) is 18.9 Å². The fraction of sp³-hybridized carbons (Fsp3) is 0.231. The lowest BCUT2D eigenvalue weighted by molar-refractivity contribution is -0.161. The summed E-state index contributed by atoms with van der Waals surface area (Å²) in [6.45, 7) is 0.957.